The first-order chi connectivity index (χ1) is 7.75. The van der Waals surface area contributed by atoms with E-state index in [2.05, 4.69) is 12.2 Å². The van der Waals surface area contributed by atoms with E-state index in [1.807, 2.05) is 12.1 Å². The summed E-state index contributed by atoms with van der Waals surface area (Å²) in [5.41, 5.74) is 1.03. The third-order valence-electron chi connectivity index (χ3n) is 3.60. The zero-order chi connectivity index (χ0) is 11.4. The average molecular weight is 221 g/mol. The predicted octanol–water partition coefficient (Wildman–Crippen LogP) is 4.21. The Hall–Kier alpha value is -1.05. The van der Waals surface area contributed by atoms with Gasteiger partial charge in [0, 0.05) is 11.7 Å². The largest absolute Gasteiger partial charge is 0.382 e. The van der Waals surface area contributed by atoms with Crippen molar-refractivity contribution in [1.82, 2.24) is 0 Å². The van der Waals surface area contributed by atoms with Gasteiger partial charge in [-0.25, -0.2) is 4.39 Å². The third kappa shape index (κ3) is 2.97. The van der Waals surface area contributed by atoms with E-state index >= 15 is 0 Å². The Morgan fingerprint density at radius 3 is 2.38 bits per heavy atom. The van der Waals surface area contributed by atoms with Crippen molar-refractivity contribution in [2.24, 2.45) is 5.92 Å². The van der Waals surface area contributed by atoms with Crippen LogP contribution in [-0.4, -0.2) is 6.04 Å². The van der Waals surface area contributed by atoms with Gasteiger partial charge in [0.15, 0.2) is 0 Å². The summed E-state index contributed by atoms with van der Waals surface area (Å²) in [5, 5.41) is 3.47. The molecule has 1 unspecified atom stereocenters. The summed E-state index contributed by atoms with van der Waals surface area (Å²) < 4.78 is 12.8. The van der Waals surface area contributed by atoms with E-state index in [9.17, 15) is 4.39 Å². The average Bonchev–Trinajstić information content (AvgIpc) is 2.33. The number of rotatable bonds is 3. The predicted molar refractivity (Wildman–Crippen MR) is 66.1 cm³/mol. The van der Waals surface area contributed by atoms with E-state index in [4.69, 9.17) is 0 Å². The van der Waals surface area contributed by atoms with Gasteiger partial charge in [-0.1, -0.05) is 19.3 Å². The molecule has 1 aliphatic carbocycles. The van der Waals surface area contributed by atoms with E-state index in [1.54, 1.807) is 0 Å². The monoisotopic (exact) mass is 221 g/mol. The van der Waals surface area contributed by atoms with Crippen LogP contribution in [0.1, 0.15) is 39.0 Å². The Morgan fingerprint density at radius 1 is 1.12 bits per heavy atom. The summed E-state index contributed by atoms with van der Waals surface area (Å²) in [6.07, 6.45) is 6.77. The standard InChI is InChI=1S/C14H20FN/c1-11(12-5-3-2-4-6-12)16-14-9-7-13(15)8-10-14/h7-12,16H,2-6H2,1H3. The van der Waals surface area contributed by atoms with Crippen LogP contribution < -0.4 is 5.32 Å². The topological polar surface area (TPSA) is 12.0 Å². The summed E-state index contributed by atoms with van der Waals surface area (Å²) in [6.45, 7) is 2.24. The molecule has 1 nitrogen and oxygen atoms in total. The molecule has 1 N–H and O–H groups in total. The minimum Gasteiger partial charge on any atom is -0.382 e. The van der Waals surface area contributed by atoms with Gasteiger partial charge in [0.25, 0.3) is 0 Å². The second-order valence-corrected chi connectivity index (χ2v) is 4.84. The first kappa shape index (κ1) is 11.4. The molecule has 1 fully saturated rings. The molecular formula is C14H20FN. The van der Waals surface area contributed by atoms with Gasteiger partial charge in [-0.3, -0.25) is 0 Å². The summed E-state index contributed by atoms with van der Waals surface area (Å²) in [7, 11) is 0. The fourth-order valence-electron chi connectivity index (χ4n) is 2.56. The number of hydrogen-bond donors (Lipinski definition) is 1. The first-order valence-electron chi connectivity index (χ1n) is 6.28. The van der Waals surface area contributed by atoms with Crippen molar-refractivity contribution >= 4 is 5.69 Å². The van der Waals surface area contributed by atoms with E-state index in [-0.39, 0.29) is 5.82 Å². The number of nitrogens with one attached hydrogen (secondary N) is 1. The molecule has 16 heavy (non-hydrogen) atoms. The fraction of sp³-hybridized carbons (Fsp3) is 0.571. The lowest BCUT2D eigenvalue weighted by atomic mass is 9.84. The van der Waals surface area contributed by atoms with E-state index in [1.165, 1.54) is 44.2 Å². The van der Waals surface area contributed by atoms with E-state index in [0.29, 0.717) is 6.04 Å². The molecule has 1 aliphatic rings. The second-order valence-electron chi connectivity index (χ2n) is 4.84. The highest BCUT2D eigenvalue weighted by Crippen LogP contribution is 2.27. The molecule has 0 aliphatic heterocycles. The summed E-state index contributed by atoms with van der Waals surface area (Å²) in [6, 6.07) is 7.14. The third-order valence-corrected chi connectivity index (χ3v) is 3.60. The molecule has 0 bridgehead atoms. The molecule has 2 heteroatoms. The highest BCUT2D eigenvalue weighted by atomic mass is 19.1. The molecule has 0 radical (unpaired) electrons. The molecule has 2 rings (SSSR count). The Bertz CT molecular complexity index is 314. The van der Waals surface area contributed by atoms with Crippen molar-refractivity contribution in [3.05, 3.63) is 30.1 Å². The maximum Gasteiger partial charge on any atom is 0.123 e. The molecule has 0 aromatic heterocycles. The highest BCUT2D eigenvalue weighted by molar-refractivity contribution is 5.43. The zero-order valence-corrected chi connectivity index (χ0v) is 9.88. The summed E-state index contributed by atoms with van der Waals surface area (Å²) in [5.74, 6) is 0.606. The molecule has 0 heterocycles. The van der Waals surface area contributed by atoms with Crippen LogP contribution >= 0.6 is 0 Å². The van der Waals surface area contributed by atoms with Crippen LogP contribution in [0.5, 0.6) is 0 Å². The van der Waals surface area contributed by atoms with Crippen LogP contribution in [0.4, 0.5) is 10.1 Å². The summed E-state index contributed by atoms with van der Waals surface area (Å²) >= 11 is 0. The number of anilines is 1. The summed E-state index contributed by atoms with van der Waals surface area (Å²) in [4.78, 5) is 0. The number of halogens is 1. The van der Waals surface area contributed by atoms with E-state index < -0.39 is 0 Å². The zero-order valence-electron chi connectivity index (χ0n) is 9.88. The molecule has 0 saturated heterocycles. The Balaban J connectivity index is 1.90. The van der Waals surface area contributed by atoms with Gasteiger partial charge in [-0.15, -0.1) is 0 Å². The van der Waals surface area contributed by atoms with Gasteiger partial charge in [-0.2, -0.15) is 0 Å². The molecule has 1 aromatic carbocycles. The van der Waals surface area contributed by atoms with Gasteiger partial charge >= 0.3 is 0 Å². The smallest absolute Gasteiger partial charge is 0.123 e. The molecule has 1 aromatic rings. The van der Waals surface area contributed by atoms with Gasteiger partial charge in [0.05, 0.1) is 0 Å². The van der Waals surface area contributed by atoms with Crippen molar-refractivity contribution in [2.45, 2.75) is 45.1 Å². The van der Waals surface area contributed by atoms with Gasteiger partial charge in [0.1, 0.15) is 5.82 Å². The highest BCUT2D eigenvalue weighted by Gasteiger charge is 2.19. The lowest BCUT2D eigenvalue weighted by Gasteiger charge is -2.29. The fourth-order valence-corrected chi connectivity index (χ4v) is 2.56. The minimum atomic E-state index is -0.170. The number of benzene rings is 1. The second kappa shape index (κ2) is 5.33. The van der Waals surface area contributed by atoms with Crippen molar-refractivity contribution < 1.29 is 4.39 Å². The molecular weight excluding hydrogens is 201 g/mol. The maximum atomic E-state index is 12.8. The van der Waals surface area contributed by atoms with Crippen LogP contribution in [-0.2, 0) is 0 Å². The SMILES string of the molecule is CC(Nc1ccc(F)cc1)C1CCCCC1. The van der Waals surface area contributed by atoms with Gasteiger partial charge in [-0.05, 0) is 49.9 Å². The lowest BCUT2D eigenvalue weighted by molar-refractivity contribution is 0.328. The van der Waals surface area contributed by atoms with Crippen molar-refractivity contribution in [3.8, 4) is 0 Å². The van der Waals surface area contributed by atoms with Gasteiger partial charge < -0.3 is 5.32 Å². The number of hydrogen-bond acceptors (Lipinski definition) is 1. The normalized spacial score (nSPS) is 19.4. The Kier molecular flexibility index (Phi) is 3.81. The van der Waals surface area contributed by atoms with E-state index in [0.717, 1.165) is 11.6 Å². The minimum absolute atomic E-state index is 0.170. The van der Waals surface area contributed by atoms with Gasteiger partial charge in [0.2, 0.25) is 0 Å². The quantitative estimate of drug-likeness (QED) is 0.806. The first-order valence-corrected chi connectivity index (χ1v) is 6.28. The molecule has 0 spiro atoms. The Morgan fingerprint density at radius 2 is 1.75 bits per heavy atom. The molecule has 0 amide bonds. The Labute approximate surface area is 97.1 Å². The maximum absolute atomic E-state index is 12.8. The van der Waals surface area contributed by atoms with Crippen LogP contribution in [0.15, 0.2) is 24.3 Å². The molecule has 1 atom stereocenters. The van der Waals surface area contributed by atoms with Crippen LogP contribution in [0.3, 0.4) is 0 Å². The lowest BCUT2D eigenvalue weighted by Crippen LogP contribution is -2.27. The van der Waals surface area contributed by atoms with Crippen LogP contribution in [0.25, 0.3) is 0 Å². The molecule has 88 valence electrons. The van der Waals surface area contributed by atoms with Crippen molar-refractivity contribution in [1.29, 1.82) is 0 Å². The van der Waals surface area contributed by atoms with Crippen molar-refractivity contribution in [2.75, 3.05) is 5.32 Å². The van der Waals surface area contributed by atoms with Crippen molar-refractivity contribution in [3.63, 3.8) is 0 Å². The van der Waals surface area contributed by atoms with Crippen LogP contribution in [0.2, 0.25) is 0 Å². The molecule has 1 saturated carbocycles. The van der Waals surface area contributed by atoms with Crippen LogP contribution in [0, 0.1) is 11.7 Å².